The zero-order valence-corrected chi connectivity index (χ0v) is 24.5. The predicted molar refractivity (Wildman–Crippen MR) is 156 cm³/mol. The molecule has 1 unspecified atom stereocenters. The van der Waals surface area contributed by atoms with E-state index in [1.807, 2.05) is 35.2 Å². The molecular weight excluding hydrogens is 518 g/mol. The van der Waals surface area contributed by atoms with Crippen molar-refractivity contribution in [2.45, 2.75) is 58.6 Å². The van der Waals surface area contributed by atoms with Crippen LogP contribution in [0, 0.1) is 0 Å². The van der Waals surface area contributed by atoms with E-state index in [2.05, 4.69) is 33.9 Å². The first kappa shape index (κ1) is 32.4. The molecule has 218 valence electrons. The smallest absolute Gasteiger partial charge is 0.222 e. The van der Waals surface area contributed by atoms with Crippen LogP contribution >= 0.6 is 0 Å². The molecule has 0 aliphatic carbocycles. The van der Waals surface area contributed by atoms with Gasteiger partial charge in [-0.1, -0.05) is 30.3 Å². The summed E-state index contributed by atoms with van der Waals surface area (Å²) in [5.74, 6) is 1.59. The summed E-state index contributed by atoms with van der Waals surface area (Å²) >= 11 is 0. The fraction of sp³-hybridized carbons (Fsp3) is 0.552. The zero-order chi connectivity index (χ0) is 28.7. The number of hydrogen-bond acceptors (Lipinski definition) is 7. The Morgan fingerprint density at radius 3 is 2.03 bits per heavy atom. The summed E-state index contributed by atoms with van der Waals surface area (Å²) in [5.41, 5.74) is 1.23. The van der Waals surface area contributed by atoms with Gasteiger partial charge in [0.25, 0.3) is 0 Å². The number of amides is 1. The summed E-state index contributed by atoms with van der Waals surface area (Å²) < 4.78 is 34.4. The number of anilines is 1. The van der Waals surface area contributed by atoms with Crippen LogP contribution in [0.25, 0.3) is 0 Å². The third kappa shape index (κ3) is 13.7. The first-order valence-corrected chi connectivity index (χ1v) is 15.5. The van der Waals surface area contributed by atoms with E-state index in [-0.39, 0.29) is 18.6 Å². The number of unbranched alkanes of at least 4 members (excludes halogenated alkanes) is 2. The van der Waals surface area contributed by atoms with Crippen molar-refractivity contribution in [2.24, 2.45) is 0 Å². The third-order valence-electron chi connectivity index (χ3n) is 5.83. The highest BCUT2D eigenvalue weighted by molar-refractivity contribution is 7.88. The molecule has 0 saturated carbocycles. The molecule has 3 rings (SSSR count). The van der Waals surface area contributed by atoms with Crippen LogP contribution in [-0.2, 0) is 14.8 Å². The molecule has 1 aliphatic rings. The highest BCUT2D eigenvalue weighted by atomic mass is 32.2. The lowest BCUT2D eigenvalue weighted by Gasteiger charge is -2.36. The van der Waals surface area contributed by atoms with E-state index in [4.69, 9.17) is 9.47 Å². The molecule has 1 fully saturated rings. The Kier molecular flexibility index (Phi) is 14.1. The fourth-order valence-corrected chi connectivity index (χ4v) is 4.93. The second-order valence-corrected chi connectivity index (χ2v) is 11.8. The number of nitrogens with one attached hydrogen (secondary N) is 1. The number of ether oxygens (including phenoxy) is 2. The maximum atomic E-state index is 12.5. The predicted octanol–water partition coefficient (Wildman–Crippen LogP) is 3.68. The molecule has 2 aromatic rings. The Morgan fingerprint density at radius 1 is 0.897 bits per heavy atom. The Bertz CT molecular complexity index is 1070. The topological polar surface area (TPSA) is 108 Å². The summed E-state index contributed by atoms with van der Waals surface area (Å²) in [6.07, 6.45) is 3.94. The van der Waals surface area contributed by atoms with Crippen LogP contribution in [0.3, 0.4) is 0 Å². The molecule has 39 heavy (non-hydrogen) atoms. The number of sulfonamides is 1. The minimum absolute atomic E-state index is 0.00463. The number of nitrogens with zero attached hydrogens (tertiary/aromatic N) is 2. The second kappa shape index (κ2) is 17.0. The number of para-hydroxylation sites is 3. The van der Waals surface area contributed by atoms with E-state index in [9.17, 15) is 18.3 Å². The summed E-state index contributed by atoms with van der Waals surface area (Å²) in [4.78, 5) is 16.8. The maximum Gasteiger partial charge on any atom is 0.222 e. The van der Waals surface area contributed by atoms with Gasteiger partial charge in [-0.25, -0.2) is 13.1 Å². The summed E-state index contributed by atoms with van der Waals surface area (Å²) in [6, 6.07) is 17.9. The average molecular weight is 564 g/mol. The lowest BCUT2D eigenvalue weighted by molar-refractivity contribution is -0.131. The van der Waals surface area contributed by atoms with Gasteiger partial charge in [0.1, 0.15) is 6.61 Å². The van der Waals surface area contributed by atoms with E-state index in [0.29, 0.717) is 24.5 Å². The van der Waals surface area contributed by atoms with Crippen molar-refractivity contribution < 1.29 is 27.8 Å². The molecule has 1 heterocycles. The molecule has 2 aromatic carbocycles. The number of hydrogen-bond donors (Lipinski definition) is 2. The number of benzene rings is 2. The maximum absolute atomic E-state index is 12.5. The van der Waals surface area contributed by atoms with Crippen LogP contribution in [0.5, 0.6) is 11.5 Å². The molecule has 0 aromatic heterocycles. The number of aliphatic hydroxyl groups excluding tert-OH is 1. The van der Waals surface area contributed by atoms with Crippen molar-refractivity contribution in [3.05, 3.63) is 54.6 Å². The van der Waals surface area contributed by atoms with E-state index < -0.39 is 16.1 Å². The molecular formula is C29H45N3O6S. The standard InChI is InChI=1S/C25H34N2O4.C4H11NO2S/c1-21(28)20-31-24-13-8-7-12-23(24)30-19-9-3-6-14-25(29)27-17-15-26(16-18-27)22-10-4-2-5-11-22;1-4(2)5-8(3,6)7/h2,4-5,7-8,10-13,21,28H,3,6,9,14-20H2,1H3;4-5H,1-3H3. The van der Waals surface area contributed by atoms with Gasteiger partial charge < -0.3 is 24.4 Å². The molecule has 1 saturated heterocycles. The quantitative estimate of drug-likeness (QED) is 0.358. The minimum Gasteiger partial charge on any atom is -0.490 e. The van der Waals surface area contributed by atoms with Crippen molar-refractivity contribution in [1.82, 2.24) is 9.62 Å². The monoisotopic (exact) mass is 563 g/mol. The average Bonchev–Trinajstić information content (AvgIpc) is 2.89. The van der Waals surface area contributed by atoms with Gasteiger partial charge in [0.2, 0.25) is 15.9 Å². The van der Waals surface area contributed by atoms with Crippen LogP contribution in [0.15, 0.2) is 54.6 Å². The van der Waals surface area contributed by atoms with Crippen molar-refractivity contribution >= 4 is 21.6 Å². The van der Waals surface area contributed by atoms with Crippen LogP contribution in [0.2, 0.25) is 0 Å². The number of carbonyl (C=O) groups is 1. The normalized spacial score (nSPS) is 14.4. The van der Waals surface area contributed by atoms with Crippen molar-refractivity contribution in [1.29, 1.82) is 0 Å². The van der Waals surface area contributed by atoms with Gasteiger partial charge >= 0.3 is 0 Å². The lowest BCUT2D eigenvalue weighted by Crippen LogP contribution is -2.48. The van der Waals surface area contributed by atoms with E-state index in [1.165, 1.54) is 5.69 Å². The molecule has 10 heteroatoms. The van der Waals surface area contributed by atoms with Gasteiger partial charge in [-0.15, -0.1) is 0 Å². The summed E-state index contributed by atoms with van der Waals surface area (Å²) in [5, 5.41) is 9.38. The molecule has 0 radical (unpaired) electrons. The number of carbonyl (C=O) groups excluding carboxylic acids is 1. The first-order valence-electron chi connectivity index (χ1n) is 13.6. The largest absolute Gasteiger partial charge is 0.490 e. The Morgan fingerprint density at radius 2 is 1.49 bits per heavy atom. The van der Waals surface area contributed by atoms with Gasteiger partial charge in [0, 0.05) is 44.3 Å². The van der Waals surface area contributed by atoms with Crippen molar-refractivity contribution in [3.8, 4) is 11.5 Å². The van der Waals surface area contributed by atoms with Crippen LogP contribution < -0.4 is 19.1 Å². The van der Waals surface area contributed by atoms with Gasteiger partial charge in [0.05, 0.1) is 19.0 Å². The number of rotatable bonds is 13. The highest BCUT2D eigenvalue weighted by Gasteiger charge is 2.20. The Labute approximate surface area is 234 Å². The third-order valence-corrected chi connectivity index (χ3v) is 6.72. The lowest BCUT2D eigenvalue weighted by atomic mass is 10.1. The van der Waals surface area contributed by atoms with Gasteiger partial charge in [-0.3, -0.25) is 4.79 Å². The zero-order valence-electron chi connectivity index (χ0n) is 23.7. The molecule has 0 spiro atoms. The number of piperazine rings is 1. The van der Waals surface area contributed by atoms with Gasteiger partial charge in [0.15, 0.2) is 11.5 Å². The molecule has 2 N–H and O–H groups in total. The highest BCUT2D eigenvalue weighted by Crippen LogP contribution is 2.27. The fourth-order valence-electron chi connectivity index (χ4n) is 4.08. The molecule has 1 atom stereocenters. The van der Waals surface area contributed by atoms with E-state index >= 15 is 0 Å². The number of aliphatic hydroxyl groups is 1. The second-order valence-electron chi connectivity index (χ2n) is 10.0. The molecule has 0 bridgehead atoms. The van der Waals surface area contributed by atoms with E-state index in [1.54, 1.807) is 20.8 Å². The van der Waals surface area contributed by atoms with Crippen LogP contribution in [0.4, 0.5) is 5.69 Å². The van der Waals surface area contributed by atoms with Crippen LogP contribution in [0.1, 0.15) is 46.5 Å². The summed E-state index contributed by atoms with van der Waals surface area (Å²) in [6.45, 7) is 9.43. The van der Waals surface area contributed by atoms with Crippen molar-refractivity contribution in [3.63, 3.8) is 0 Å². The SMILES string of the molecule is CC(C)NS(C)(=O)=O.CC(O)COc1ccccc1OCCCCCC(=O)N1CCN(c2ccccc2)CC1. The Hall–Kier alpha value is -2.82. The van der Waals surface area contributed by atoms with E-state index in [0.717, 1.165) is 51.7 Å². The molecule has 1 aliphatic heterocycles. The Balaban J connectivity index is 0.000000580. The van der Waals surface area contributed by atoms with Crippen LogP contribution in [-0.4, -0.2) is 82.1 Å². The first-order chi connectivity index (χ1) is 18.5. The minimum atomic E-state index is -2.97. The van der Waals surface area contributed by atoms with Gasteiger partial charge in [-0.2, -0.15) is 0 Å². The summed E-state index contributed by atoms with van der Waals surface area (Å²) in [7, 11) is -2.97. The van der Waals surface area contributed by atoms with Gasteiger partial charge in [-0.05, 0) is 64.3 Å². The molecule has 9 nitrogen and oxygen atoms in total. The van der Waals surface area contributed by atoms with Crippen molar-refractivity contribution in [2.75, 3.05) is 50.5 Å². The molecule has 1 amide bonds.